The molecule has 2 aliphatic heterocycles. The zero-order valence-corrected chi connectivity index (χ0v) is 18.5. The second kappa shape index (κ2) is 9.94. The van der Waals surface area contributed by atoms with Crippen molar-refractivity contribution in [3.63, 3.8) is 0 Å². The number of nitrogens with zero attached hydrogens (tertiary/aromatic N) is 2. The molecule has 0 fully saturated rings. The van der Waals surface area contributed by atoms with Crippen LogP contribution in [0.4, 0.5) is 19.3 Å². The van der Waals surface area contributed by atoms with Crippen LogP contribution in [0, 0.1) is 18.6 Å². The Morgan fingerprint density at radius 1 is 1.09 bits per heavy atom. The zero-order chi connectivity index (χ0) is 23.4. The Balaban J connectivity index is 1.43. The Morgan fingerprint density at radius 2 is 1.88 bits per heavy atom. The number of carbonyl (C=O) groups excluding carboxylic acids is 2. The van der Waals surface area contributed by atoms with Gasteiger partial charge >= 0.3 is 6.03 Å². The van der Waals surface area contributed by atoms with Crippen molar-refractivity contribution < 1.29 is 18.4 Å². The molecule has 0 atom stereocenters. The fourth-order valence-electron chi connectivity index (χ4n) is 4.14. The van der Waals surface area contributed by atoms with E-state index in [-0.39, 0.29) is 12.5 Å². The normalized spacial score (nSPS) is 15.7. The number of anilines is 1. The summed E-state index contributed by atoms with van der Waals surface area (Å²) in [6, 6.07) is 7.95. The van der Waals surface area contributed by atoms with Crippen LogP contribution in [0.2, 0.25) is 0 Å². The van der Waals surface area contributed by atoms with E-state index in [1.54, 1.807) is 23.1 Å². The summed E-state index contributed by atoms with van der Waals surface area (Å²) in [4.78, 5) is 31.7. The molecule has 0 bridgehead atoms. The number of para-hydroxylation sites is 1. The molecular weight excluding hydrogens is 426 g/mol. The second-order valence-electron chi connectivity index (χ2n) is 8.24. The van der Waals surface area contributed by atoms with Crippen LogP contribution in [-0.4, -0.2) is 29.6 Å². The van der Waals surface area contributed by atoms with Gasteiger partial charge in [0.15, 0.2) is 0 Å². The highest BCUT2D eigenvalue weighted by molar-refractivity contribution is 5.96. The number of benzene rings is 2. The monoisotopic (exact) mass is 452 g/mol. The average Bonchev–Trinajstić information content (AvgIpc) is 3.03. The molecule has 2 heterocycles. The number of urea groups is 1. The van der Waals surface area contributed by atoms with Crippen LogP contribution in [0.25, 0.3) is 0 Å². The predicted molar refractivity (Wildman–Crippen MR) is 123 cm³/mol. The molecular formula is C25H26F2N4O2. The van der Waals surface area contributed by atoms with Gasteiger partial charge in [-0.15, -0.1) is 0 Å². The van der Waals surface area contributed by atoms with E-state index in [0.717, 1.165) is 61.2 Å². The van der Waals surface area contributed by atoms with E-state index < -0.39 is 23.4 Å². The summed E-state index contributed by atoms with van der Waals surface area (Å²) < 4.78 is 27.4. The molecule has 4 rings (SSSR count). The van der Waals surface area contributed by atoms with Gasteiger partial charge in [0.1, 0.15) is 23.1 Å². The fraction of sp³-hybridized carbons (Fsp3) is 0.320. The third-order valence-electron chi connectivity index (χ3n) is 5.95. The van der Waals surface area contributed by atoms with Gasteiger partial charge in [-0.1, -0.05) is 12.1 Å². The van der Waals surface area contributed by atoms with E-state index >= 15 is 0 Å². The van der Waals surface area contributed by atoms with Crippen molar-refractivity contribution in [1.82, 2.24) is 10.2 Å². The number of allylic oxidation sites excluding steroid dienone is 1. The summed E-state index contributed by atoms with van der Waals surface area (Å²) in [6.45, 7) is 2.64. The molecule has 0 aliphatic carbocycles. The van der Waals surface area contributed by atoms with Gasteiger partial charge in [0, 0.05) is 24.9 Å². The molecule has 0 aromatic heterocycles. The summed E-state index contributed by atoms with van der Waals surface area (Å²) in [7, 11) is 0. The minimum Gasteiger partial charge on any atom is -0.334 e. The molecule has 2 aromatic rings. The van der Waals surface area contributed by atoms with Crippen LogP contribution < -0.4 is 10.6 Å². The SMILES string of the molecule is Cc1cc(C(=O)N2CCCCC3=C2N=CCC3)ccc1CNC(=O)Nc1c(F)cccc1F. The second-order valence-corrected chi connectivity index (χ2v) is 8.24. The Hall–Kier alpha value is -3.55. The molecule has 6 nitrogen and oxygen atoms in total. The highest BCUT2D eigenvalue weighted by Gasteiger charge is 2.26. The minimum atomic E-state index is -0.849. The number of rotatable bonds is 4. The van der Waals surface area contributed by atoms with Crippen molar-refractivity contribution in [2.45, 2.75) is 45.6 Å². The van der Waals surface area contributed by atoms with E-state index in [2.05, 4.69) is 15.6 Å². The topological polar surface area (TPSA) is 73.8 Å². The van der Waals surface area contributed by atoms with Crippen LogP contribution >= 0.6 is 0 Å². The van der Waals surface area contributed by atoms with E-state index in [4.69, 9.17) is 0 Å². The molecule has 0 unspecified atom stereocenters. The van der Waals surface area contributed by atoms with Gasteiger partial charge in [0.2, 0.25) is 0 Å². The number of hydrogen-bond acceptors (Lipinski definition) is 3. The predicted octanol–water partition coefficient (Wildman–Crippen LogP) is 5.30. The molecule has 2 aromatic carbocycles. The number of halogens is 2. The number of aryl methyl sites for hydroxylation is 1. The van der Waals surface area contributed by atoms with Crippen LogP contribution in [0.5, 0.6) is 0 Å². The summed E-state index contributed by atoms with van der Waals surface area (Å²) in [5.41, 5.74) is 2.93. The van der Waals surface area contributed by atoms with Crippen molar-refractivity contribution >= 4 is 23.8 Å². The highest BCUT2D eigenvalue weighted by atomic mass is 19.1. The largest absolute Gasteiger partial charge is 0.334 e. The molecule has 2 aliphatic rings. The average molecular weight is 453 g/mol. The maximum absolute atomic E-state index is 13.7. The van der Waals surface area contributed by atoms with E-state index in [1.807, 2.05) is 13.1 Å². The van der Waals surface area contributed by atoms with Crippen LogP contribution in [0.15, 0.2) is 52.8 Å². The minimum absolute atomic E-state index is 0.0844. The smallest absolute Gasteiger partial charge is 0.319 e. The van der Waals surface area contributed by atoms with Crippen LogP contribution in [0.3, 0.4) is 0 Å². The molecule has 3 amide bonds. The number of aliphatic imine (C=N–C) groups is 1. The molecule has 0 spiro atoms. The van der Waals surface area contributed by atoms with Gasteiger partial charge in [-0.25, -0.2) is 18.6 Å². The van der Waals surface area contributed by atoms with Crippen molar-refractivity contribution in [2.24, 2.45) is 4.99 Å². The fourth-order valence-corrected chi connectivity index (χ4v) is 4.14. The number of carbonyl (C=O) groups is 2. The molecule has 172 valence electrons. The van der Waals surface area contributed by atoms with Gasteiger partial charge < -0.3 is 10.6 Å². The van der Waals surface area contributed by atoms with Gasteiger partial charge in [0.25, 0.3) is 5.91 Å². The third-order valence-corrected chi connectivity index (χ3v) is 5.95. The number of amides is 3. The van der Waals surface area contributed by atoms with Gasteiger partial charge in [-0.05, 0) is 80.0 Å². The molecule has 33 heavy (non-hydrogen) atoms. The lowest BCUT2D eigenvalue weighted by atomic mass is 10.0. The van der Waals surface area contributed by atoms with Gasteiger partial charge in [-0.3, -0.25) is 9.69 Å². The Morgan fingerprint density at radius 3 is 2.64 bits per heavy atom. The number of hydrogen-bond donors (Lipinski definition) is 2. The first-order chi connectivity index (χ1) is 15.9. The summed E-state index contributed by atoms with van der Waals surface area (Å²) in [5, 5.41) is 4.79. The van der Waals surface area contributed by atoms with Gasteiger partial charge in [-0.2, -0.15) is 0 Å². The lowest BCUT2D eigenvalue weighted by molar-refractivity contribution is 0.0803. The van der Waals surface area contributed by atoms with Crippen molar-refractivity contribution in [1.29, 1.82) is 0 Å². The zero-order valence-electron chi connectivity index (χ0n) is 18.5. The molecule has 2 N–H and O–H groups in total. The molecule has 8 heteroatoms. The highest BCUT2D eigenvalue weighted by Crippen LogP contribution is 2.29. The van der Waals surface area contributed by atoms with E-state index in [9.17, 15) is 18.4 Å². The summed E-state index contributed by atoms with van der Waals surface area (Å²) >= 11 is 0. The maximum Gasteiger partial charge on any atom is 0.319 e. The summed E-state index contributed by atoms with van der Waals surface area (Å²) in [6.07, 6.45) is 6.72. The summed E-state index contributed by atoms with van der Waals surface area (Å²) in [5.74, 6) is -0.986. The molecule has 0 radical (unpaired) electrons. The molecule has 0 saturated heterocycles. The Kier molecular flexibility index (Phi) is 6.82. The number of nitrogens with one attached hydrogen (secondary N) is 2. The standard InChI is InChI=1S/C25H26F2N4O2/c1-16-14-18(24(32)31-13-3-2-6-17-7-5-12-28-23(17)31)10-11-19(16)15-29-25(33)30-22-20(26)8-4-9-21(22)27/h4,8-12,14H,2-3,5-7,13,15H2,1H3,(H2,29,30,33). The van der Waals surface area contributed by atoms with Crippen molar-refractivity contribution in [3.8, 4) is 0 Å². The lowest BCUT2D eigenvalue weighted by Crippen LogP contribution is -2.31. The van der Waals surface area contributed by atoms with Crippen LogP contribution in [0.1, 0.15) is 53.6 Å². The third kappa shape index (κ3) is 5.10. The lowest BCUT2D eigenvalue weighted by Gasteiger charge is -2.25. The van der Waals surface area contributed by atoms with Gasteiger partial charge in [0.05, 0.1) is 0 Å². The Bertz CT molecular complexity index is 1120. The maximum atomic E-state index is 13.7. The first kappa shape index (κ1) is 22.6. The van der Waals surface area contributed by atoms with Crippen molar-refractivity contribution in [2.75, 3.05) is 11.9 Å². The molecule has 0 saturated carbocycles. The van der Waals surface area contributed by atoms with Crippen molar-refractivity contribution in [3.05, 3.63) is 76.1 Å². The quantitative estimate of drug-likeness (QED) is 0.661. The first-order valence-corrected chi connectivity index (χ1v) is 11.1. The van der Waals surface area contributed by atoms with E-state index in [0.29, 0.717) is 12.1 Å². The van der Waals surface area contributed by atoms with Crippen LogP contribution in [-0.2, 0) is 6.54 Å². The Labute approximate surface area is 191 Å². The van der Waals surface area contributed by atoms with E-state index in [1.165, 1.54) is 11.6 Å². The first-order valence-electron chi connectivity index (χ1n) is 11.1.